The van der Waals surface area contributed by atoms with Gasteiger partial charge >= 0.3 is 0 Å². The van der Waals surface area contributed by atoms with Crippen molar-refractivity contribution >= 4 is 29.3 Å². The van der Waals surface area contributed by atoms with Gasteiger partial charge < -0.3 is 9.67 Å². The molecule has 1 aromatic heterocycles. The molecule has 0 saturated carbocycles. The van der Waals surface area contributed by atoms with Crippen molar-refractivity contribution in [2.24, 2.45) is 7.05 Å². The fraction of sp³-hybridized carbons (Fsp3) is 0.409. The van der Waals surface area contributed by atoms with Gasteiger partial charge in [0, 0.05) is 41.7 Å². The summed E-state index contributed by atoms with van der Waals surface area (Å²) in [7, 11) is 1.75. The van der Waals surface area contributed by atoms with E-state index in [1.165, 1.54) is 0 Å². The average molecular weight is 428 g/mol. The molecule has 0 spiro atoms. The highest BCUT2D eigenvalue weighted by Crippen LogP contribution is 2.41. The summed E-state index contributed by atoms with van der Waals surface area (Å²) in [5.74, 6) is -0.0268. The van der Waals surface area contributed by atoms with Crippen molar-refractivity contribution in [2.75, 3.05) is 0 Å². The maximum absolute atomic E-state index is 13.5. The zero-order chi connectivity index (χ0) is 22.1. The Kier molecular flexibility index (Phi) is 6.47. The van der Waals surface area contributed by atoms with Gasteiger partial charge in [0.25, 0.3) is 0 Å². The molecule has 0 unspecified atom stereocenters. The fourth-order valence-corrected chi connectivity index (χ4v) is 4.43. The Morgan fingerprint density at radius 2 is 1.48 bits per heavy atom. The van der Waals surface area contributed by atoms with Crippen molar-refractivity contribution in [2.45, 2.75) is 62.3 Å². The van der Waals surface area contributed by atoms with Crippen LogP contribution in [-0.2, 0) is 17.9 Å². The molecule has 1 heterocycles. The van der Waals surface area contributed by atoms with Crippen LogP contribution in [0, 0.1) is 21.3 Å². The maximum Gasteiger partial charge on any atom is 0.195 e. The molecule has 7 heteroatoms. The lowest BCUT2D eigenvalue weighted by atomic mass is 9.78. The first-order chi connectivity index (χ1) is 13.3. The summed E-state index contributed by atoms with van der Waals surface area (Å²) in [6, 6.07) is 3.47. The second kappa shape index (κ2) is 8.18. The summed E-state index contributed by atoms with van der Waals surface area (Å²) < 4.78 is 1.69. The topological polar surface area (TPSA) is 89.8 Å². The largest absolute Gasteiger partial charge is 0.507 e. The third-order valence-corrected chi connectivity index (χ3v) is 6.22. The Morgan fingerprint density at radius 1 is 1.00 bits per heavy atom. The molecule has 0 atom stereocenters. The number of nitriles is 2. The number of rotatable bonds is 4. The predicted octanol–water partition coefficient (Wildman–Crippen LogP) is 5.70. The van der Waals surface area contributed by atoms with Crippen LogP contribution in [-0.4, -0.2) is 15.5 Å². The third-order valence-electron chi connectivity index (χ3n) is 4.60. The number of hydrogen-bond donors (Lipinski definition) is 1. The normalized spacial score (nSPS) is 11.8. The van der Waals surface area contributed by atoms with Crippen LogP contribution in [0.15, 0.2) is 28.3 Å². The van der Waals surface area contributed by atoms with Gasteiger partial charge in [0.2, 0.25) is 0 Å². The molecule has 0 aliphatic rings. The molecule has 0 saturated heterocycles. The van der Waals surface area contributed by atoms with Gasteiger partial charge in [-0.25, -0.2) is 0 Å². The number of hydrogen-bond acceptors (Lipinski definition) is 6. The van der Waals surface area contributed by atoms with Crippen LogP contribution in [0.3, 0.4) is 0 Å². The Hall–Kier alpha value is -2.35. The lowest BCUT2D eigenvalue weighted by Crippen LogP contribution is -2.19. The molecule has 0 aliphatic carbocycles. The molecule has 0 amide bonds. The van der Waals surface area contributed by atoms with Gasteiger partial charge in [0.1, 0.15) is 21.6 Å². The first kappa shape index (κ1) is 22.9. The second-order valence-corrected chi connectivity index (χ2v) is 10.5. The van der Waals surface area contributed by atoms with E-state index in [1.54, 1.807) is 29.9 Å². The van der Waals surface area contributed by atoms with Gasteiger partial charge in [0.15, 0.2) is 5.78 Å². The Morgan fingerprint density at radius 3 is 1.90 bits per heavy atom. The van der Waals surface area contributed by atoms with Crippen LogP contribution >= 0.6 is 23.5 Å². The second-order valence-electron chi connectivity index (χ2n) is 8.92. The van der Waals surface area contributed by atoms with E-state index in [2.05, 4.69) is 0 Å². The van der Waals surface area contributed by atoms with Crippen LogP contribution in [0.2, 0.25) is 0 Å². The molecule has 0 radical (unpaired) electrons. The first-order valence-corrected chi connectivity index (χ1v) is 10.7. The molecule has 2 rings (SSSR count). The summed E-state index contributed by atoms with van der Waals surface area (Å²) >= 11 is 1.80. The number of thioether (sulfide) groups is 2. The smallest absolute Gasteiger partial charge is 0.195 e. The number of carbonyl (C=O) groups excluding carboxylic acids is 1. The monoisotopic (exact) mass is 427 g/mol. The van der Waals surface area contributed by atoms with Crippen molar-refractivity contribution in [1.29, 1.82) is 10.5 Å². The van der Waals surface area contributed by atoms with Crippen molar-refractivity contribution in [1.82, 2.24) is 4.57 Å². The molecule has 152 valence electrons. The number of carbonyl (C=O) groups is 1. The van der Waals surface area contributed by atoms with Crippen LogP contribution in [0.1, 0.15) is 68.6 Å². The zero-order valence-electron chi connectivity index (χ0n) is 17.7. The summed E-state index contributed by atoms with van der Waals surface area (Å²) in [6.45, 7) is 11.9. The highest BCUT2D eigenvalue weighted by atomic mass is 32.2. The number of nitrogens with zero attached hydrogens (tertiary/aromatic N) is 3. The van der Waals surface area contributed by atoms with E-state index in [9.17, 15) is 15.2 Å². The van der Waals surface area contributed by atoms with E-state index in [-0.39, 0.29) is 22.4 Å². The van der Waals surface area contributed by atoms with Gasteiger partial charge in [-0.05, 0) is 34.7 Å². The summed E-state index contributed by atoms with van der Waals surface area (Å²) in [5, 5.41) is 33.8. The quantitative estimate of drug-likeness (QED) is 0.382. The van der Waals surface area contributed by atoms with E-state index >= 15 is 0 Å². The number of aryl methyl sites for hydroxylation is 1. The highest BCUT2D eigenvalue weighted by molar-refractivity contribution is 8.06. The van der Waals surface area contributed by atoms with Crippen LogP contribution in [0.5, 0.6) is 5.75 Å². The van der Waals surface area contributed by atoms with E-state index in [0.717, 1.165) is 23.5 Å². The fourth-order valence-electron chi connectivity index (χ4n) is 3.12. The van der Waals surface area contributed by atoms with E-state index in [1.807, 2.05) is 52.3 Å². The summed E-state index contributed by atoms with van der Waals surface area (Å²) in [4.78, 5) is 14.0. The molecule has 29 heavy (non-hydrogen) atoms. The molecular formula is C22H25N3O2S2. The van der Waals surface area contributed by atoms with Crippen LogP contribution in [0.25, 0.3) is 0 Å². The lowest BCUT2D eigenvalue weighted by Gasteiger charge is -2.28. The maximum atomic E-state index is 13.5. The Labute approximate surface area is 180 Å². The van der Waals surface area contributed by atoms with Gasteiger partial charge in [0.05, 0.1) is 10.5 Å². The van der Waals surface area contributed by atoms with Gasteiger partial charge in [-0.1, -0.05) is 41.5 Å². The summed E-state index contributed by atoms with van der Waals surface area (Å²) in [6.07, 6.45) is 1.65. The minimum Gasteiger partial charge on any atom is -0.507 e. The van der Waals surface area contributed by atoms with E-state index in [0.29, 0.717) is 32.2 Å². The lowest BCUT2D eigenvalue weighted by molar-refractivity contribution is 0.103. The van der Waals surface area contributed by atoms with Gasteiger partial charge in [-0.2, -0.15) is 10.5 Å². The molecule has 0 fully saturated rings. The highest BCUT2D eigenvalue weighted by Gasteiger charge is 2.29. The van der Waals surface area contributed by atoms with Gasteiger partial charge in [-0.15, -0.1) is 0 Å². The molecule has 0 aliphatic heterocycles. The molecule has 1 N–H and O–H groups in total. The molecule has 0 bridgehead atoms. The number of benzene rings is 1. The number of thiocyanates is 2. The number of aromatic nitrogens is 1. The molecule has 1 aromatic carbocycles. The Bertz CT molecular complexity index is 1010. The number of phenols is 1. The minimum atomic E-state index is -0.358. The third kappa shape index (κ3) is 4.63. The van der Waals surface area contributed by atoms with Crippen molar-refractivity contribution in [3.8, 4) is 16.6 Å². The summed E-state index contributed by atoms with van der Waals surface area (Å²) in [5.41, 5.74) is 1.51. The minimum absolute atomic E-state index is 0.210. The number of aromatic hydroxyl groups is 1. The molecule has 5 nitrogen and oxygen atoms in total. The SMILES string of the molecule is Cn1cc(C(=O)c2cc(C(C)(C)C)c(O)c(C(C)(C)C)c2)c(SC#N)c1SC#N. The van der Waals surface area contributed by atoms with Crippen molar-refractivity contribution < 1.29 is 9.90 Å². The van der Waals surface area contributed by atoms with Crippen molar-refractivity contribution in [3.63, 3.8) is 0 Å². The van der Waals surface area contributed by atoms with Gasteiger partial charge in [-0.3, -0.25) is 4.79 Å². The van der Waals surface area contributed by atoms with E-state index in [4.69, 9.17) is 5.26 Å². The number of ketones is 1. The van der Waals surface area contributed by atoms with E-state index < -0.39 is 0 Å². The first-order valence-electron chi connectivity index (χ1n) is 9.06. The van der Waals surface area contributed by atoms with Crippen LogP contribution < -0.4 is 0 Å². The zero-order valence-corrected chi connectivity index (χ0v) is 19.4. The number of phenolic OH excluding ortho intramolecular Hbond substituents is 1. The standard InChI is InChI=1S/C22H25N3O2S2/c1-21(2,3)15-8-13(9-16(18(15)27)22(4,5)6)17(26)14-10-25(7)20(29-12-24)19(14)28-11-23/h8-10,27H,1-7H3. The molecular weight excluding hydrogens is 402 g/mol. The van der Waals surface area contributed by atoms with Crippen molar-refractivity contribution in [3.05, 3.63) is 40.6 Å². The van der Waals surface area contributed by atoms with Crippen LogP contribution in [0.4, 0.5) is 0 Å². The predicted molar refractivity (Wildman–Crippen MR) is 117 cm³/mol. The Balaban J connectivity index is 2.76. The average Bonchev–Trinajstić information content (AvgIpc) is 2.89. The molecule has 2 aromatic rings.